The van der Waals surface area contributed by atoms with Gasteiger partial charge in [-0.3, -0.25) is 4.79 Å². The lowest BCUT2D eigenvalue weighted by Gasteiger charge is -2.29. The van der Waals surface area contributed by atoms with Gasteiger partial charge in [0, 0.05) is 17.6 Å². The highest BCUT2D eigenvalue weighted by molar-refractivity contribution is 7.99. The smallest absolute Gasteiger partial charge is 0.233 e. The van der Waals surface area contributed by atoms with Crippen LogP contribution in [0.2, 0.25) is 5.02 Å². The van der Waals surface area contributed by atoms with Crippen molar-refractivity contribution in [1.82, 2.24) is 14.9 Å². The van der Waals surface area contributed by atoms with E-state index in [9.17, 15) is 13.2 Å². The van der Waals surface area contributed by atoms with Crippen molar-refractivity contribution in [3.8, 4) is 0 Å². The molecule has 2 heterocycles. The van der Waals surface area contributed by atoms with E-state index in [0.717, 1.165) is 11.0 Å². The molecule has 26 heavy (non-hydrogen) atoms. The van der Waals surface area contributed by atoms with E-state index in [4.69, 9.17) is 11.6 Å². The lowest BCUT2D eigenvalue weighted by molar-refractivity contribution is -0.130. The van der Waals surface area contributed by atoms with Crippen LogP contribution in [0.25, 0.3) is 11.0 Å². The number of thioether (sulfide) groups is 1. The summed E-state index contributed by atoms with van der Waals surface area (Å²) in [6, 6.07) is 5.18. The number of imidazole rings is 1. The Bertz CT molecular complexity index is 911. The van der Waals surface area contributed by atoms with Crippen molar-refractivity contribution in [2.75, 3.05) is 23.8 Å². The number of halogens is 1. The Kier molecular flexibility index (Phi) is 5.84. The summed E-state index contributed by atoms with van der Waals surface area (Å²) >= 11 is 7.30. The number of hydrogen-bond donors (Lipinski definition) is 1. The number of nitrogens with zero attached hydrogens (tertiary/aromatic N) is 2. The SMILES string of the molecule is CC(C)CN(C(=O)CSc1nc2ccc(Cl)cc2[nH]1)C1CCS(=O)(=O)C1. The highest BCUT2D eigenvalue weighted by Gasteiger charge is 2.34. The molecule has 0 spiro atoms. The van der Waals surface area contributed by atoms with Crippen molar-refractivity contribution < 1.29 is 13.2 Å². The fourth-order valence-electron chi connectivity index (χ4n) is 3.11. The summed E-state index contributed by atoms with van der Waals surface area (Å²) in [6.07, 6.45) is 0.522. The van der Waals surface area contributed by atoms with Gasteiger partial charge in [-0.25, -0.2) is 13.4 Å². The van der Waals surface area contributed by atoms with E-state index in [1.165, 1.54) is 11.8 Å². The second-order valence-electron chi connectivity index (χ2n) is 6.99. The summed E-state index contributed by atoms with van der Waals surface area (Å²) in [5, 5.41) is 1.28. The van der Waals surface area contributed by atoms with Gasteiger partial charge in [-0.1, -0.05) is 37.2 Å². The van der Waals surface area contributed by atoms with Gasteiger partial charge in [-0.2, -0.15) is 0 Å². The molecule has 3 rings (SSSR count). The minimum Gasteiger partial charge on any atom is -0.338 e. The molecule has 1 N–H and O–H groups in total. The van der Waals surface area contributed by atoms with Crippen molar-refractivity contribution in [3.63, 3.8) is 0 Å². The first-order chi connectivity index (χ1) is 12.2. The summed E-state index contributed by atoms with van der Waals surface area (Å²) in [4.78, 5) is 22.1. The average molecular weight is 416 g/mol. The Hall–Kier alpha value is -1.25. The lowest BCUT2D eigenvalue weighted by atomic mass is 10.1. The number of nitrogens with one attached hydrogen (secondary N) is 1. The number of aromatic amines is 1. The largest absolute Gasteiger partial charge is 0.338 e. The normalized spacial score (nSPS) is 19.3. The zero-order chi connectivity index (χ0) is 18.9. The summed E-state index contributed by atoms with van der Waals surface area (Å²) < 4.78 is 23.6. The van der Waals surface area contributed by atoms with Gasteiger partial charge < -0.3 is 9.88 Å². The number of carbonyl (C=O) groups is 1. The fourth-order valence-corrected chi connectivity index (χ4v) is 5.78. The van der Waals surface area contributed by atoms with E-state index < -0.39 is 9.84 Å². The van der Waals surface area contributed by atoms with Crippen LogP contribution >= 0.6 is 23.4 Å². The molecule has 2 aromatic rings. The van der Waals surface area contributed by atoms with Crippen LogP contribution in [-0.2, 0) is 14.6 Å². The van der Waals surface area contributed by atoms with Gasteiger partial charge in [-0.05, 0) is 30.5 Å². The van der Waals surface area contributed by atoms with Crippen LogP contribution in [0.1, 0.15) is 20.3 Å². The first-order valence-corrected chi connectivity index (χ1v) is 11.7. The number of H-pyrrole nitrogens is 1. The van der Waals surface area contributed by atoms with Gasteiger partial charge in [0.2, 0.25) is 5.91 Å². The highest BCUT2D eigenvalue weighted by atomic mass is 35.5. The van der Waals surface area contributed by atoms with E-state index in [2.05, 4.69) is 9.97 Å². The minimum atomic E-state index is -3.03. The number of benzene rings is 1. The van der Waals surface area contributed by atoms with Crippen LogP contribution in [0, 0.1) is 5.92 Å². The molecular formula is C17H22ClN3O3S2. The zero-order valence-electron chi connectivity index (χ0n) is 14.7. The lowest BCUT2D eigenvalue weighted by Crippen LogP contribution is -2.44. The third-order valence-corrected chi connectivity index (χ3v) is 7.13. The topological polar surface area (TPSA) is 83.1 Å². The van der Waals surface area contributed by atoms with Crippen molar-refractivity contribution >= 4 is 50.1 Å². The monoisotopic (exact) mass is 415 g/mol. The third kappa shape index (κ3) is 4.72. The molecule has 9 heteroatoms. The van der Waals surface area contributed by atoms with Gasteiger partial charge in [0.05, 0.1) is 28.3 Å². The first kappa shape index (κ1) is 19.5. The summed E-state index contributed by atoms with van der Waals surface area (Å²) in [5.41, 5.74) is 1.62. The molecule has 142 valence electrons. The van der Waals surface area contributed by atoms with Gasteiger partial charge in [0.15, 0.2) is 15.0 Å². The third-order valence-electron chi connectivity index (χ3n) is 4.29. The number of fused-ring (bicyclic) bond motifs is 1. The molecular weight excluding hydrogens is 394 g/mol. The van der Waals surface area contributed by atoms with Gasteiger partial charge in [0.1, 0.15) is 0 Å². The van der Waals surface area contributed by atoms with Gasteiger partial charge >= 0.3 is 0 Å². The first-order valence-electron chi connectivity index (χ1n) is 8.51. The maximum Gasteiger partial charge on any atom is 0.233 e. The Morgan fingerprint density at radius 3 is 2.88 bits per heavy atom. The van der Waals surface area contributed by atoms with Crippen molar-refractivity contribution in [2.24, 2.45) is 5.92 Å². The number of carbonyl (C=O) groups excluding carboxylic acids is 1. The predicted molar refractivity (Wildman–Crippen MR) is 105 cm³/mol. The molecule has 1 aromatic carbocycles. The molecule has 1 aliphatic heterocycles. The van der Waals surface area contributed by atoms with Crippen LogP contribution in [0.5, 0.6) is 0 Å². The van der Waals surface area contributed by atoms with E-state index in [-0.39, 0.29) is 35.1 Å². The number of rotatable bonds is 6. The predicted octanol–water partition coefficient (Wildman–Crippen LogP) is 2.98. The van der Waals surface area contributed by atoms with Gasteiger partial charge in [0.25, 0.3) is 0 Å². The van der Waals surface area contributed by atoms with E-state index in [0.29, 0.717) is 23.1 Å². The molecule has 1 aromatic heterocycles. The summed E-state index contributed by atoms with van der Waals surface area (Å²) in [6.45, 7) is 4.62. The van der Waals surface area contributed by atoms with E-state index >= 15 is 0 Å². The van der Waals surface area contributed by atoms with E-state index in [1.807, 2.05) is 19.9 Å². The minimum absolute atomic E-state index is 0.0516. The molecule has 0 aliphatic carbocycles. The quantitative estimate of drug-likeness (QED) is 0.733. The highest BCUT2D eigenvalue weighted by Crippen LogP contribution is 2.24. The number of sulfone groups is 1. The van der Waals surface area contributed by atoms with Crippen LogP contribution in [0.15, 0.2) is 23.4 Å². The van der Waals surface area contributed by atoms with Crippen LogP contribution in [0.3, 0.4) is 0 Å². The van der Waals surface area contributed by atoms with Crippen molar-refractivity contribution in [2.45, 2.75) is 31.5 Å². The fraction of sp³-hybridized carbons (Fsp3) is 0.529. The van der Waals surface area contributed by atoms with Crippen molar-refractivity contribution in [1.29, 1.82) is 0 Å². The molecule has 1 fully saturated rings. The van der Waals surface area contributed by atoms with Crippen LogP contribution in [0.4, 0.5) is 0 Å². The molecule has 1 atom stereocenters. The number of aromatic nitrogens is 2. The second-order valence-corrected chi connectivity index (χ2v) is 10.6. The number of hydrogen-bond acceptors (Lipinski definition) is 5. The Morgan fingerprint density at radius 2 is 2.23 bits per heavy atom. The molecule has 1 saturated heterocycles. The average Bonchev–Trinajstić information content (AvgIpc) is 3.12. The molecule has 1 unspecified atom stereocenters. The molecule has 0 bridgehead atoms. The molecule has 0 radical (unpaired) electrons. The Balaban J connectivity index is 1.68. The summed E-state index contributed by atoms with van der Waals surface area (Å²) in [5.74, 6) is 0.678. The molecule has 0 saturated carbocycles. The van der Waals surface area contributed by atoms with E-state index in [1.54, 1.807) is 17.0 Å². The number of amides is 1. The second kappa shape index (κ2) is 7.78. The Morgan fingerprint density at radius 1 is 1.46 bits per heavy atom. The standard InChI is InChI=1S/C17H22ClN3O3S2/c1-11(2)8-21(13-5-6-26(23,24)10-13)16(22)9-25-17-19-14-4-3-12(18)7-15(14)20-17/h3-4,7,11,13H,5-6,8-10H2,1-2H3,(H,19,20). The molecule has 1 aliphatic rings. The van der Waals surface area contributed by atoms with Crippen LogP contribution in [-0.4, -0.2) is 59.0 Å². The van der Waals surface area contributed by atoms with Crippen LogP contribution < -0.4 is 0 Å². The van der Waals surface area contributed by atoms with Gasteiger partial charge in [-0.15, -0.1) is 0 Å². The molecule has 6 nitrogen and oxygen atoms in total. The summed E-state index contributed by atoms with van der Waals surface area (Å²) in [7, 11) is -3.03. The maximum absolute atomic E-state index is 12.8. The molecule has 1 amide bonds. The zero-order valence-corrected chi connectivity index (χ0v) is 17.1. The Labute approximate surface area is 162 Å². The maximum atomic E-state index is 12.8. The van der Waals surface area contributed by atoms with Crippen molar-refractivity contribution in [3.05, 3.63) is 23.2 Å².